The standard InChI is InChI=1S/C40H29N/c1-39(2)30-17-7-8-18-32(30)40(35-25-27(23-24-31(35)39)26-13-4-3-5-14-26)33-19-9-11-22-37(33)41-36-21-10-6-15-28(36)29-16-12-20-34(40)38(29)41/h3-25H,1-2H3. The lowest BCUT2D eigenvalue weighted by Gasteiger charge is -2.50. The maximum atomic E-state index is 2.52. The highest BCUT2D eigenvalue weighted by molar-refractivity contribution is 6.12. The summed E-state index contributed by atoms with van der Waals surface area (Å²) in [5.74, 6) is 0. The number of aromatic nitrogens is 1. The van der Waals surface area contributed by atoms with Gasteiger partial charge in [0.25, 0.3) is 0 Å². The van der Waals surface area contributed by atoms with E-state index in [1.807, 2.05) is 0 Å². The van der Waals surface area contributed by atoms with Gasteiger partial charge in [0.2, 0.25) is 0 Å². The van der Waals surface area contributed by atoms with Crippen LogP contribution in [0.4, 0.5) is 0 Å². The van der Waals surface area contributed by atoms with E-state index in [0.29, 0.717) is 0 Å². The lowest BCUT2D eigenvalue weighted by molar-refractivity contribution is 0.556. The lowest BCUT2D eigenvalue weighted by Crippen LogP contribution is -2.44. The summed E-state index contributed by atoms with van der Waals surface area (Å²) in [5, 5.41) is 2.62. The van der Waals surface area contributed by atoms with Crippen molar-refractivity contribution in [2.75, 3.05) is 0 Å². The molecule has 1 atom stereocenters. The smallest absolute Gasteiger partial charge is 0.0748 e. The molecule has 9 rings (SSSR count). The highest BCUT2D eigenvalue weighted by Crippen LogP contribution is 2.60. The SMILES string of the molecule is CC1(C)c2ccccc2C2(c3ccccc3-n3c4ccccc4c4cccc2c43)c2cc(-c3ccccc3)ccc21. The van der Waals surface area contributed by atoms with Crippen LogP contribution in [-0.4, -0.2) is 4.57 Å². The number of hydrogen-bond donors (Lipinski definition) is 0. The Balaban J connectivity index is 1.54. The van der Waals surface area contributed by atoms with Gasteiger partial charge in [0.15, 0.2) is 0 Å². The van der Waals surface area contributed by atoms with E-state index >= 15 is 0 Å². The van der Waals surface area contributed by atoms with Crippen molar-refractivity contribution >= 4 is 21.8 Å². The first-order valence-corrected chi connectivity index (χ1v) is 14.5. The van der Waals surface area contributed by atoms with E-state index in [1.165, 1.54) is 72.0 Å². The zero-order chi connectivity index (χ0) is 27.3. The number of benzene rings is 6. The summed E-state index contributed by atoms with van der Waals surface area (Å²) in [6.45, 7) is 4.79. The third kappa shape index (κ3) is 2.71. The fraction of sp³-hybridized carbons (Fsp3) is 0.100. The summed E-state index contributed by atoms with van der Waals surface area (Å²) in [4.78, 5) is 0. The van der Waals surface area contributed by atoms with Crippen molar-refractivity contribution in [1.29, 1.82) is 0 Å². The first-order chi connectivity index (χ1) is 20.1. The molecule has 1 aliphatic heterocycles. The number of nitrogens with zero attached hydrogens (tertiary/aromatic N) is 1. The van der Waals surface area contributed by atoms with Gasteiger partial charge in [0, 0.05) is 16.2 Å². The minimum atomic E-state index is -0.452. The van der Waals surface area contributed by atoms with Gasteiger partial charge in [0.1, 0.15) is 0 Å². The fourth-order valence-corrected chi connectivity index (χ4v) is 8.14. The van der Waals surface area contributed by atoms with Crippen molar-refractivity contribution in [2.24, 2.45) is 0 Å². The van der Waals surface area contributed by atoms with Gasteiger partial charge in [0.05, 0.1) is 22.1 Å². The monoisotopic (exact) mass is 523 g/mol. The van der Waals surface area contributed by atoms with E-state index in [0.717, 1.165) is 0 Å². The Hall–Kier alpha value is -4.88. The quantitative estimate of drug-likeness (QED) is 0.202. The predicted molar refractivity (Wildman–Crippen MR) is 170 cm³/mol. The van der Waals surface area contributed by atoms with Crippen molar-refractivity contribution in [3.05, 3.63) is 173 Å². The predicted octanol–water partition coefficient (Wildman–Crippen LogP) is 9.79. The Morgan fingerprint density at radius 3 is 1.93 bits per heavy atom. The average molecular weight is 524 g/mol. The molecule has 194 valence electrons. The molecule has 6 aromatic carbocycles. The third-order valence-corrected chi connectivity index (χ3v) is 9.86. The van der Waals surface area contributed by atoms with Gasteiger partial charge in [-0.25, -0.2) is 0 Å². The Morgan fingerprint density at radius 1 is 0.439 bits per heavy atom. The minimum absolute atomic E-state index is 0.139. The van der Waals surface area contributed by atoms with E-state index in [2.05, 4.69) is 158 Å². The van der Waals surface area contributed by atoms with E-state index in [4.69, 9.17) is 0 Å². The van der Waals surface area contributed by atoms with E-state index < -0.39 is 5.41 Å². The number of para-hydroxylation sites is 3. The molecule has 1 spiro atoms. The lowest BCUT2D eigenvalue weighted by atomic mass is 9.53. The van der Waals surface area contributed by atoms with Crippen molar-refractivity contribution in [1.82, 2.24) is 4.57 Å². The van der Waals surface area contributed by atoms with Crippen molar-refractivity contribution in [2.45, 2.75) is 24.7 Å². The zero-order valence-electron chi connectivity index (χ0n) is 23.2. The Labute approximate surface area is 240 Å². The Morgan fingerprint density at radius 2 is 1.07 bits per heavy atom. The molecule has 1 unspecified atom stereocenters. The van der Waals surface area contributed by atoms with Gasteiger partial charge in [-0.2, -0.15) is 0 Å². The molecule has 0 bridgehead atoms. The number of fused-ring (bicyclic) bond motifs is 11. The van der Waals surface area contributed by atoms with Crippen LogP contribution in [0.3, 0.4) is 0 Å². The zero-order valence-corrected chi connectivity index (χ0v) is 23.2. The van der Waals surface area contributed by atoms with Crippen molar-refractivity contribution in [3.8, 4) is 16.8 Å². The molecule has 2 aliphatic rings. The largest absolute Gasteiger partial charge is 0.309 e. The fourth-order valence-electron chi connectivity index (χ4n) is 8.14. The van der Waals surface area contributed by atoms with Crippen LogP contribution in [-0.2, 0) is 10.8 Å². The molecule has 0 radical (unpaired) electrons. The summed E-state index contributed by atoms with van der Waals surface area (Å²) in [6.07, 6.45) is 0. The topological polar surface area (TPSA) is 4.93 Å². The van der Waals surface area contributed by atoms with E-state index in [-0.39, 0.29) is 5.41 Å². The summed E-state index contributed by atoms with van der Waals surface area (Å²) < 4.78 is 2.52. The highest BCUT2D eigenvalue weighted by atomic mass is 15.0. The highest BCUT2D eigenvalue weighted by Gasteiger charge is 2.52. The number of rotatable bonds is 1. The van der Waals surface area contributed by atoms with Gasteiger partial charge in [-0.05, 0) is 62.7 Å². The van der Waals surface area contributed by atoms with Gasteiger partial charge >= 0.3 is 0 Å². The summed E-state index contributed by atoms with van der Waals surface area (Å²) in [5.41, 5.74) is 14.0. The molecule has 41 heavy (non-hydrogen) atoms. The molecule has 0 amide bonds. The van der Waals surface area contributed by atoms with Crippen LogP contribution in [0.15, 0.2) is 140 Å². The van der Waals surface area contributed by atoms with Gasteiger partial charge in [-0.1, -0.05) is 135 Å². The second-order valence-corrected chi connectivity index (χ2v) is 12.1. The molecular weight excluding hydrogens is 494 g/mol. The van der Waals surface area contributed by atoms with Gasteiger partial charge in [-0.15, -0.1) is 0 Å². The Bertz CT molecular complexity index is 2180. The molecule has 1 aliphatic carbocycles. The molecule has 2 heterocycles. The molecule has 0 N–H and O–H groups in total. The molecule has 1 aromatic heterocycles. The minimum Gasteiger partial charge on any atom is -0.309 e. The average Bonchev–Trinajstić information content (AvgIpc) is 3.37. The maximum Gasteiger partial charge on any atom is 0.0748 e. The maximum absolute atomic E-state index is 2.52. The van der Waals surface area contributed by atoms with E-state index in [1.54, 1.807) is 0 Å². The third-order valence-electron chi connectivity index (χ3n) is 9.86. The number of hydrogen-bond acceptors (Lipinski definition) is 0. The summed E-state index contributed by atoms with van der Waals surface area (Å²) in [6, 6.07) is 52.2. The van der Waals surface area contributed by atoms with Crippen LogP contribution in [0.2, 0.25) is 0 Å². The molecule has 0 saturated carbocycles. The summed E-state index contributed by atoms with van der Waals surface area (Å²) >= 11 is 0. The molecule has 0 saturated heterocycles. The van der Waals surface area contributed by atoms with E-state index in [9.17, 15) is 0 Å². The van der Waals surface area contributed by atoms with Gasteiger partial charge in [-0.3, -0.25) is 0 Å². The summed E-state index contributed by atoms with van der Waals surface area (Å²) in [7, 11) is 0. The Kier molecular flexibility index (Phi) is 4.39. The first kappa shape index (κ1) is 22.9. The van der Waals surface area contributed by atoms with Crippen LogP contribution < -0.4 is 0 Å². The van der Waals surface area contributed by atoms with Gasteiger partial charge < -0.3 is 4.57 Å². The first-order valence-electron chi connectivity index (χ1n) is 14.5. The van der Waals surface area contributed by atoms with Crippen LogP contribution in [0.5, 0.6) is 0 Å². The van der Waals surface area contributed by atoms with Crippen molar-refractivity contribution in [3.63, 3.8) is 0 Å². The molecule has 7 aromatic rings. The molecule has 1 heteroatoms. The molecular formula is C40H29N. The van der Waals surface area contributed by atoms with Crippen LogP contribution >= 0.6 is 0 Å². The van der Waals surface area contributed by atoms with Crippen LogP contribution in [0.1, 0.15) is 47.2 Å². The van der Waals surface area contributed by atoms with Crippen molar-refractivity contribution < 1.29 is 0 Å². The van der Waals surface area contributed by atoms with Crippen LogP contribution in [0, 0.1) is 0 Å². The second-order valence-electron chi connectivity index (χ2n) is 12.1. The molecule has 1 nitrogen and oxygen atoms in total. The second kappa shape index (κ2) is 7.86. The van der Waals surface area contributed by atoms with Crippen LogP contribution in [0.25, 0.3) is 38.6 Å². The molecule has 0 fully saturated rings. The normalized spacial score (nSPS) is 17.8.